The monoisotopic (exact) mass is 1790 g/mol. The van der Waals surface area contributed by atoms with Gasteiger partial charge in [-0.05, 0) is 190 Å². The summed E-state index contributed by atoms with van der Waals surface area (Å²) in [6, 6.07) is 2.88. The van der Waals surface area contributed by atoms with Crippen molar-refractivity contribution in [3.05, 3.63) is 70.0 Å². The molecule has 6 aliphatic rings. The quantitative estimate of drug-likeness (QED) is 0.0315. The molecule has 26 nitrogen and oxygen atoms in total. The number of hydrogen-bond acceptors (Lipinski definition) is 20. The lowest BCUT2D eigenvalue weighted by Crippen LogP contribution is -2.54. The fourth-order valence-corrected chi connectivity index (χ4v) is 20.0. The van der Waals surface area contributed by atoms with Gasteiger partial charge in [0.15, 0.2) is 0 Å². The molecule has 2 aromatic rings. The largest absolute Gasteiger partial charge is 0.462 e. The Balaban J connectivity index is 0.517. The van der Waals surface area contributed by atoms with Crippen LogP contribution in [0, 0.1) is 76.8 Å². The van der Waals surface area contributed by atoms with E-state index in [1.807, 2.05) is 0 Å². The maximum atomic E-state index is 14.4. The number of nitrogens with one attached hydrogen (secondary N) is 2. The summed E-state index contributed by atoms with van der Waals surface area (Å²) in [5.41, 5.74) is 4.06. The zero-order valence-electron chi connectivity index (χ0n) is 75.1. The van der Waals surface area contributed by atoms with E-state index >= 15 is 0 Å². The molecule has 0 bridgehead atoms. The lowest BCUT2D eigenvalue weighted by Gasteiger charge is -2.61. The molecule has 33 heteroatoms. The molecule has 2 saturated heterocycles. The van der Waals surface area contributed by atoms with Crippen molar-refractivity contribution in [3.8, 4) is 0 Å². The number of amides is 6. The van der Waals surface area contributed by atoms with E-state index in [0.29, 0.717) is 186 Å². The van der Waals surface area contributed by atoms with Crippen LogP contribution in [0.4, 0.5) is 30.7 Å². The van der Waals surface area contributed by atoms with Crippen molar-refractivity contribution in [1.82, 2.24) is 25.3 Å². The second-order valence-electron chi connectivity index (χ2n) is 35.7. The van der Waals surface area contributed by atoms with Crippen LogP contribution in [0.3, 0.4) is 0 Å². The minimum absolute atomic E-state index is 0.0110. The molecule has 4 saturated carbocycles. The third-order valence-corrected chi connectivity index (χ3v) is 27.0. The molecule has 8 rings (SSSR count). The number of carbonyl (C=O) groups is 7. The third-order valence-electron chi connectivity index (χ3n) is 27.0. The van der Waals surface area contributed by atoms with Gasteiger partial charge in [0.1, 0.15) is 18.0 Å². The average Bonchev–Trinajstić information content (AvgIpc) is 1.67. The molecular formula is C92H143F7N6O20. The molecule has 6 amide bonds. The van der Waals surface area contributed by atoms with Gasteiger partial charge in [0.05, 0.1) is 182 Å². The molecule has 0 aromatic heterocycles. The van der Waals surface area contributed by atoms with Crippen LogP contribution < -0.4 is 16.4 Å². The molecule has 2 heterocycles. The number of halogens is 7. The molecule has 13 atom stereocenters. The lowest BCUT2D eigenvalue weighted by molar-refractivity contribution is -0.164. The number of likely N-dealkylation sites (tertiary alicyclic amines) is 2. The molecule has 4 N–H and O–H groups in total. The summed E-state index contributed by atoms with van der Waals surface area (Å²) < 4.78 is 170. The van der Waals surface area contributed by atoms with Gasteiger partial charge in [-0.2, -0.15) is 26.3 Å². The molecule has 0 unspecified atom stereocenters. The predicted octanol–water partition coefficient (Wildman–Crippen LogP) is 12.4. The van der Waals surface area contributed by atoms with Gasteiger partial charge in [0.25, 0.3) is 0 Å². The highest BCUT2D eigenvalue weighted by Crippen LogP contribution is 2.69. The van der Waals surface area contributed by atoms with Gasteiger partial charge in [0.2, 0.25) is 35.4 Å². The number of alkyl halides is 6. The average molecular weight is 1790 g/mol. The first-order valence-electron chi connectivity index (χ1n) is 45.6. The van der Waals surface area contributed by atoms with Crippen molar-refractivity contribution in [1.29, 1.82) is 0 Å². The van der Waals surface area contributed by atoms with Crippen LogP contribution in [0.5, 0.6) is 0 Å². The maximum absolute atomic E-state index is 14.4. The van der Waals surface area contributed by atoms with Crippen molar-refractivity contribution < 1.29 is 126 Å². The Bertz CT molecular complexity index is 3570. The highest BCUT2D eigenvalue weighted by Gasteiger charge is 2.61. The fraction of sp³-hybridized carbons (Fsp3) is 0.793. The van der Waals surface area contributed by atoms with Gasteiger partial charge in [0, 0.05) is 76.8 Å². The highest BCUT2D eigenvalue weighted by atomic mass is 19.4. The number of primary amides is 1. The van der Waals surface area contributed by atoms with Gasteiger partial charge >= 0.3 is 18.3 Å². The Kier molecular flexibility index (Phi) is 44.3. The fourth-order valence-electron chi connectivity index (χ4n) is 20.0. The standard InChI is InChI=1S/C92H143F7N6O20/c1-63(2)10-9-11-64(3)78-16-17-79-76-14-12-69-60-73(20-26-89(69,6)80(76)21-27-90(78,79)7)125-85(109)61-81(86(100)110)102-83(107)25-32-113-34-36-115-38-40-117-42-44-119-46-48-121-50-52-123-54-55-124-53-51-122-49-47-120-45-43-118-41-39-116-37-35-114-33-28-101-82(106)18-19-84(108)104-29-22-67(23-30-104)87(111)105-31-24-75(77(62-105)74-15-13-72(93)56-65(74)4)88(112)103(8)66(5)68-57-70(91(94,95)96)59-71(58-68)92(97,98)99/h13,15,56-59,63-64,66-67,69,73,75-81H,9-12,14,16-55,60-62H2,1-8H3,(H2,100,110)(H,101,106)(H,102,107)/t64-,66+,69+,73+,75+,76+,77-,78-,79+,80+,81+,89+,90-/m1/s1. The third kappa shape index (κ3) is 33.6. The van der Waals surface area contributed by atoms with Gasteiger partial charge < -0.3 is 92.6 Å². The number of aryl methyl sites for hydroxylation is 1. The van der Waals surface area contributed by atoms with E-state index in [1.165, 1.54) is 90.0 Å². The predicted molar refractivity (Wildman–Crippen MR) is 451 cm³/mol. The van der Waals surface area contributed by atoms with E-state index in [0.717, 1.165) is 59.7 Å². The lowest BCUT2D eigenvalue weighted by atomic mass is 9.44. The number of carbonyl (C=O) groups excluding carboxylic acids is 7. The minimum atomic E-state index is -5.09. The zero-order valence-corrected chi connectivity index (χ0v) is 75.1. The summed E-state index contributed by atoms with van der Waals surface area (Å²) in [6.45, 7) is 25.0. The van der Waals surface area contributed by atoms with E-state index in [4.69, 9.17) is 67.3 Å². The number of ether oxygens (including phenoxy) is 13. The van der Waals surface area contributed by atoms with Crippen LogP contribution in [0.25, 0.3) is 0 Å². The molecule has 710 valence electrons. The van der Waals surface area contributed by atoms with Crippen molar-refractivity contribution in [2.24, 2.45) is 69.8 Å². The number of piperidine rings is 2. The van der Waals surface area contributed by atoms with Crippen molar-refractivity contribution in [3.63, 3.8) is 0 Å². The Morgan fingerprint density at radius 2 is 1.05 bits per heavy atom. The molecule has 2 aliphatic heterocycles. The number of hydrogen-bond donors (Lipinski definition) is 3. The number of fused-ring (bicyclic) bond motifs is 5. The van der Waals surface area contributed by atoms with E-state index in [-0.39, 0.29) is 126 Å². The van der Waals surface area contributed by atoms with Crippen molar-refractivity contribution >= 4 is 41.4 Å². The molecule has 125 heavy (non-hydrogen) atoms. The summed E-state index contributed by atoms with van der Waals surface area (Å²) >= 11 is 0. The first-order chi connectivity index (χ1) is 59.8. The van der Waals surface area contributed by atoms with Crippen LogP contribution in [-0.4, -0.2) is 267 Å². The highest BCUT2D eigenvalue weighted by molar-refractivity contribution is 5.90. The summed E-state index contributed by atoms with van der Waals surface area (Å²) in [7, 11) is 1.31. The van der Waals surface area contributed by atoms with Crippen LogP contribution in [0.2, 0.25) is 0 Å². The second kappa shape index (κ2) is 53.2. The molecule has 0 spiro atoms. The van der Waals surface area contributed by atoms with Crippen LogP contribution in [0.1, 0.15) is 203 Å². The Morgan fingerprint density at radius 1 is 0.552 bits per heavy atom. The van der Waals surface area contributed by atoms with Crippen molar-refractivity contribution in [2.75, 3.05) is 198 Å². The Morgan fingerprint density at radius 3 is 1.55 bits per heavy atom. The van der Waals surface area contributed by atoms with Crippen LogP contribution in [0.15, 0.2) is 36.4 Å². The summed E-state index contributed by atoms with van der Waals surface area (Å²) in [4.78, 5) is 96.9. The summed E-state index contributed by atoms with van der Waals surface area (Å²) in [6.07, 6.45) is 4.66. The van der Waals surface area contributed by atoms with Gasteiger partial charge in [-0.3, -0.25) is 33.6 Å². The van der Waals surface area contributed by atoms with Crippen LogP contribution in [-0.2, 0) is 107 Å². The molecule has 0 radical (unpaired) electrons. The SMILES string of the molecule is Cc1cc(F)ccc1[C@H]1CN(C(=O)C2CCN(C(=O)CCC(=O)NCCOCCOCCOCCOCCOCCOCCOCCOCCOCCOCCOCCOCCC(=O)N[C@@H](CC(=O)O[C@H]3CC[C@@]4(C)[C@@H](CC[C@@H]5[C@@H]4CC[C@]4(C)[C@@H]([C@H](C)CCCC(C)C)CC[C@@H]54)C3)C(N)=O)CC2)CC[C@@H]1C(=O)N(C)[C@@H](C)c1cc(C(F)(F)F)cc(C(F)(F)F)c1. The smallest absolute Gasteiger partial charge is 0.416 e. The van der Waals surface area contributed by atoms with Crippen molar-refractivity contribution in [2.45, 2.75) is 207 Å². The number of nitrogens with zero attached hydrogens (tertiary/aromatic N) is 3. The molecular weight excluding hydrogens is 1640 g/mol. The number of esters is 1. The number of rotatable bonds is 57. The Hall–Kier alpha value is -6.24. The summed E-state index contributed by atoms with van der Waals surface area (Å²) in [5, 5.41) is 5.35. The maximum Gasteiger partial charge on any atom is 0.416 e. The van der Waals surface area contributed by atoms with Gasteiger partial charge in [-0.25, -0.2) is 4.39 Å². The first kappa shape index (κ1) is 104. The first-order valence-corrected chi connectivity index (χ1v) is 45.6. The Labute approximate surface area is 734 Å². The van der Waals surface area contributed by atoms with E-state index in [2.05, 4.69) is 45.3 Å². The zero-order chi connectivity index (χ0) is 90.5. The number of benzene rings is 2. The molecule has 4 aliphatic carbocycles. The van der Waals surface area contributed by atoms with E-state index in [1.54, 1.807) is 16.7 Å². The van der Waals surface area contributed by atoms with E-state index in [9.17, 15) is 64.3 Å². The van der Waals surface area contributed by atoms with E-state index < -0.39 is 82.8 Å². The normalized spacial score (nSPS) is 23.6. The molecule has 2 aromatic carbocycles. The van der Waals surface area contributed by atoms with Crippen LogP contribution >= 0.6 is 0 Å². The minimum Gasteiger partial charge on any atom is -0.462 e. The molecule has 6 fully saturated rings. The topological polar surface area (TPSA) is 299 Å². The van der Waals surface area contributed by atoms with Gasteiger partial charge in [-0.15, -0.1) is 0 Å². The number of nitrogens with two attached hydrogens (primary N) is 1. The summed E-state index contributed by atoms with van der Waals surface area (Å²) in [5.74, 6) is -0.347. The second-order valence-corrected chi connectivity index (χ2v) is 35.7. The van der Waals surface area contributed by atoms with Gasteiger partial charge in [-0.1, -0.05) is 59.9 Å².